The standard InChI is InChI=1S/C28H27ClN8O3.C4F6O2/c29-22-16-32-28-34-21-11-18(14-30-15-21)1-2-19-13-20(33-25(22)36-28)3-4-23(19)35-24(38)12-17-5-8-37(9-6-17)27(39)26-31-7-10-40-26;5-3(6,7)1(11)2(12)4(8,9)10/h3-4,7,10-11,13-17H,1-2,5-6,8-9,12H2,(H,35,38)(H2,32,33,34,36);. The highest BCUT2D eigenvalue weighted by molar-refractivity contribution is 6.41. The summed E-state index contributed by atoms with van der Waals surface area (Å²) < 4.78 is 72.1. The van der Waals surface area contributed by atoms with Gasteiger partial charge in [0.1, 0.15) is 11.3 Å². The number of halogens is 7. The Morgan fingerprint density at radius 3 is 2.27 bits per heavy atom. The molecule has 0 aliphatic carbocycles. The van der Waals surface area contributed by atoms with Crippen molar-refractivity contribution < 1.29 is 49.9 Å². The average Bonchev–Trinajstić information content (AvgIpc) is 3.64. The van der Waals surface area contributed by atoms with Crippen molar-refractivity contribution in [3.05, 3.63) is 77.4 Å². The Morgan fingerprint density at radius 2 is 1.62 bits per heavy atom. The number of piperidine rings is 1. The van der Waals surface area contributed by atoms with Crippen LogP contribution >= 0.6 is 11.6 Å². The van der Waals surface area contributed by atoms with Gasteiger partial charge in [0.25, 0.3) is 5.89 Å². The largest absolute Gasteiger partial charge is 0.458 e. The molecule has 20 heteroatoms. The molecule has 4 aromatic rings. The minimum atomic E-state index is -5.77. The van der Waals surface area contributed by atoms with Crippen molar-refractivity contribution in [1.82, 2.24) is 24.8 Å². The molecule has 52 heavy (non-hydrogen) atoms. The number of Topliss-reactive ketones (excluding diaryl/α,β-unsaturated/α-hetero) is 2. The number of aromatic nitrogens is 4. The second-order valence-electron chi connectivity index (χ2n) is 11.6. The first-order valence-corrected chi connectivity index (χ1v) is 15.8. The third kappa shape index (κ3) is 9.80. The Bertz CT molecular complexity index is 1930. The Kier molecular flexibility index (Phi) is 11.4. The summed E-state index contributed by atoms with van der Waals surface area (Å²) >= 11 is 6.36. The summed E-state index contributed by atoms with van der Waals surface area (Å²) in [5.74, 6) is -5.91. The van der Waals surface area contributed by atoms with Crippen molar-refractivity contribution in [1.29, 1.82) is 0 Å². The van der Waals surface area contributed by atoms with E-state index in [1.165, 1.54) is 12.5 Å². The van der Waals surface area contributed by atoms with Crippen LogP contribution in [-0.4, -0.2) is 73.7 Å². The van der Waals surface area contributed by atoms with E-state index in [0.29, 0.717) is 42.7 Å². The van der Waals surface area contributed by atoms with Crippen LogP contribution in [0.25, 0.3) is 0 Å². The number of hydrogen-bond acceptors (Lipinski definition) is 11. The van der Waals surface area contributed by atoms with Crippen molar-refractivity contribution >= 4 is 63.8 Å². The third-order valence-corrected chi connectivity index (χ3v) is 8.11. The molecule has 2 aliphatic heterocycles. The molecule has 1 fully saturated rings. The van der Waals surface area contributed by atoms with Crippen LogP contribution in [0.5, 0.6) is 0 Å². The average molecular weight is 753 g/mol. The van der Waals surface area contributed by atoms with E-state index in [2.05, 4.69) is 35.9 Å². The number of benzene rings is 1. The molecule has 6 bridgehead atoms. The number of alkyl halides is 6. The van der Waals surface area contributed by atoms with E-state index in [-0.39, 0.29) is 23.6 Å². The van der Waals surface area contributed by atoms with Gasteiger partial charge in [0.05, 0.1) is 24.3 Å². The number of aryl methyl sites for hydroxylation is 2. The van der Waals surface area contributed by atoms with Crippen molar-refractivity contribution in [2.45, 2.75) is 44.5 Å². The molecule has 1 saturated heterocycles. The fourth-order valence-electron chi connectivity index (χ4n) is 5.28. The Morgan fingerprint density at radius 1 is 0.904 bits per heavy atom. The molecular weight excluding hydrogens is 726 g/mol. The zero-order valence-corrected chi connectivity index (χ0v) is 27.4. The summed E-state index contributed by atoms with van der Waals surface area (Å²) in [7, 11) is 0. The van der Waals surface area contributed by atoms with Crippen LogP contribution in [0.15, 0.2) is 59.7 Å². The highest BCUT2D eigenvalue weighted by Crippen LogP contribution is 2.30. The second-order valence-corrected chi connectivity index (χ2v) is 12.0. The summed E-state index contributed by atoms with van der Waals surface area (Å²) in [5, 5.41) is 9.96. The summed E-state index contributed by atoms with van der Waals surface area (Å²) in [5.41, 5.74) is 4.36. The summed E-state index contributed by atoms with van der Waals surface area (Å²) in [6.07, 6.45) is -0.306. The number of oxazole rings is 1. The molecular formula is C32H27ClF6N8O5. The fourth-order valence-corrected chi connectivity index (χ4v) is 5.42. The van der Waals surface area contributed by atoms with Gasteiger partial charge in [0, 0.05) is 37.1 Å². The Labute approximate surface area is 295 Å². The molecule has 13 nitrogen and oxygen atoms in total. The zero-order chi connectivity index (χ0) is 37.6. The maximum Gasteiger partial charge on any atom is 0.458 e. The number of carbonyl (C=O) groups excluding carboxylic acids is 4. The summed E-state index contributed by atoms with van der Waals surface area (Å²) in [6.45, 7) is 1.14. The minimum Gasteiger partial charge on any atom is -0.441 e. The number of ketones is 2. The number of likely N-dealkylation sites (tertiary alicyclic amines) is 1. The van der Waals surface area contributed by atoms with Gasteiger partial charge in [-0.1, -0.05) is 11.6 Å². The van der Waals surface area contributed by atoms with Crippen LogP contribution < -0.4 is 16.0 Å². The number of carbonyl (C=O) groups is 4. The van der Waals surface area contributed by atoms with Crippen LogP contribution in [0.3, 0.4) is 0 Å². The van der Waals surface area contributed by atoms with E-state index >= 15 is 0 Å². The predicted molar refractivity (Wildman–Crippen MR) is 172 cm³/mol. The highest BCUT2D eigenvalue weighted by atomic mass is 35.5. The number of nitrogens with zero attached hydrogens (tertiary/aromatic N) is 5. The molecule has 2 amide bonds. The topological polar surface area (TPSA) is 172 Å². The molecule has 3 aromatic heterocycles. The van der Waals surface area contributed by atoms with Gasteiger partial charge < -0.3 is 25.3 Å². The Balaban J connectivity index is 0.000000376. The lowest BCUT2D eigenvalue weighted by atomic mass is 9.93. The molecule has 274 valence electrons. The van der Waals surface area contributed by atoms with Gasteiger partial charge in [-0.25, -0.2) is 9.97 Å². The van der Waals surface area contributed by atoms with Crippen molar-refractivity contribution in [3.63, 3.8) is 0 Å². The van der Waals surface area contributed by atoms with Crippen LogP contribution in [0.2, 0.25) is 5.02 Å². The molecule has 5 heterocycles. The van der Waals surface area contributed by atoms with Crippen LogP contribution in [0, 0.1) is 5.92 Å². The monoisotopic (exact) mass is 752 g/mol. The smallest absolute Gasteiger partial charge is 0.441 e. The highest BCUT2D eigenvalue weighted by Gasteiger charge is 2.54. The molecule has 1 aromatic carbocycles. The summed E-state index contributed by atoms with van der Waals surface area (Å²) in [6, 6.07) is 7.80. The Hall–Kier alpha value is -5.59. The quantitative estimate of drug-likeness (QED) is 0.156. The molecule has 0 radical (unpaired) electrons. The normalized spacial score (nSPS) is 14.6. The van der Waals surface area contributed by atoms with Gasteiger partial charge in [-0.15, -0.1) is 0 Å². The zero-order valence-electron chi connectivity index (χ0n) is 26.6. The third-order valence-electron chi connectivity index (χ3n) is 7.83. The number of anilines is 5. The maximum atomic E-state index is 13.1. The van der Waals surface area contributed by atoms with Gasteiger partial charge in [-0.3, -0.25) is 24.2 Å². The SMILES string of the molecule is O=C(C(=O)C(F)(F)F)C(F)(F)F.O=C(CC1CCN(C(=O)c2ncco2)CC1)Nc1ccc2cc1CCc1cncc(c1)Nc1ncc(Cl)c(n1)N2. The first-order valence-electron chi connectivity index (χ1n) is 15.4. The molecule has 3 N–H and O–H groups in total. The van der Waals surface area contributed by atoms with Crippen molar-refractivity contribution in [2.75, 3.05) is 29.0 Å². The minimum absolute atomic E-state index is 0.0475. The molecule has 0 spiro atoms. The van der Waals surface area contributed by atoms with Crippen LogP contribution in [0.1, 0.15) is 41.1 Å². The number of hydrogen-bond donors (Lipinski definition) is 3. The molecule has 0 unspecified atom stereocenters. The number of amides is 2. The lowest BCUT2D eigenvalue weighted by Gasteiger charge is -2.31. The van der Waals surface area contributed by atoms with Crippen molar-refractivity contribution in [2.24, 2.45) is 5.92 Å². The molecule has 0 atom stereocenters. The van der Waals surface area contributed by atoms with E-state index < -0.39 is 23.9 Å². The number of pyridine rings is 1. The molecule has 2 aliphatic rings. The molecule has 6 rings (SSSR count). The van der Waals surface area contributed by atoms with Gasteiger partial charge in [0.15, 0.2) is 5.82 Å². The van der Waals surface area contributed by atoms with Gasteiger partial charge in [-0.05, 0) is 67.0 Å². The lowest BCUT2D eigenvalue weighted by molar-refractivity contribution is -0.193. The van der Waals surface area contributed by atoms with Crippen molar-refractivity contribution in [3.8, 4) is 0 Å². The summed E-state index contributed by atoms with van der Waals surface area (Å²) in [4.78, 5) is 63.6. The van der Waals surface area contributed by atoms with E-state index in [1.54, 1.807) is 17.3 Å². The van der Waals surface area contributed by atoms with Gasteiger partial charge in [0.2, 0.25) is 11.9 Å². The number of nitrogens with one attached hydrogen (secondary N) is 3. The van der Waals surface area contributed by atoms with Crippen LogP contribution in [-0.2, 0) is 27.2 Å². The van der Waals surface area contributed by atoms with Gasteiger partial charge >= 0.3 is 29.8 Å². The number of rotatable bonds is 5. The van der Waals surface area contributed by atoms with Gasteiger partial charge in [-0.2, -0.15) is 31.3 Å². The predicted octanol–water partition coefficient (Wildman–Crippen LogP) is 6.23. The first kappa shape index (κ1) is 37.7. The van der Waals surface area contributed by atoms with E-state index in [9.17, 15) is 45.5 Å². The number of fused-ring (bicyclic) bond motifs is 6. The maximum absolute atomic E-state index is 13.1. The van der Waals surface area contributed by atoms with E-state index in [1.807, 2.05) is 30.5 Å². The molecule has 0 saturated carbocycles. The van der Waals surface area contributed by atoms with E-state index in [0.717, 1.165) is 47.5 Å². The fraction of sp³-hybridized carbons (Fsp3) is 0.312. The van der Waals surface area contributed by atoms with Crippen LogP contribution in [0.4, 0.5) is 55.2 Å². The first-order chi connectivity index (χ1) is 24.6. The second kappa shape index (κ2) is 15.7. The van der Waals surface area contributed by atoms with E-state index in [4.69, 9.17) is 16.0 Å². The lowest BCUT2D eigenvalue weighted by Crippen LogP contribution is -2.39.